The lowest BCUT2D eigenvalue weighted by Gasteiger charge is -2.20. The number of carbonyl (C=O) groups is 2. The molecule has 2 aromatic carbocycles. The maximum atomic E-state index is 13.0. The lowest BCUT2D eigenvalue weighted by Crippen LogP contribution is -2.41. The van der Waals surface area contributed by atoms with E-state index >= 15 is 0 Å². The van der Waals surface area contributed by atoms with Crippen molar-refractivity contribution in [3.63, 3.8) is 0 Å². The molecule has 0 saturated carbocycles. The van der Waals surface area contributed by atoms with Gasteiger partial charge in [-0.05, 0) is 74.9 Å². The molecule has 1 aliphatic heterocycles. The van der Waals surface area contributed by atoms with Crippen molar-refractivity contribution in [3.05, 3.63) is 58.1 Å². The number of esters is 1. The number of para-hydroxylation sites is 1. The second kappa shape index (κ2) is 8.80. The Balaban J connectivity index is 1.66. The second-order valence-corrected chi connectivity index (χ2v) is 9.62. The van der Waals surface area contributed by atoms with Crippen LogP contribution in [-0.4, -0.2) is 39.5 Å². The summed E-state index contributed by atoms with van der Waals surface area (Å²) in [6.07, 6.45) is 0.751. The molecule has 1 atom stereocenters. The molecule has 31 heavy (non-hydrogen) atoms. The third kappa shape index (κ3) is 4.65. The van der Waals surface area contributed by atoms with Crippen LogP contribution in [-0.2, 0) is 30.8 Å². The average molecular weight is 445 g/mol. The van der Waals surface area contributed by atoms with Crippen molar-refractivity contribution in [2.24, 2.45) is 0 Å². The van der Waals surface area contributed by atoms with Gasteiger partial charge in [-0.15, -0.1) is 0 Å². The largest absolute Gasteiger partial charge is 0.454 e. The zero-order chi connectivity index (χ0) is 22.9. The molecule has 0 aliphatic carbocycles. The van der Waals surface area contributed by atoms with Crippen molar-refractivity contribution in [1.29, 1.82) is 0 Å². The molecule has 0 saturated heterocycles. The average Bonchev–Trinajstić information content (AvgIpc) is 3.14. The highest BCUT2D eigenvalue weighted by Gasteiger charge is 2.29. The van der Waals surface area contributed by atoms with Crippen molar-refractivity contribution in [1.82, 2.24) is 4.72 Å². The van der Waals surface area contributed by atoms with E-state index in [9.17, 15) is 18.0 Å². The van der Waals surface area contributed by atoms with Crippen molar-refractivity contribution in [3.8, 4) is 0 Å². The Morgan fingerprint density at radius 2 is 1.71 bits per heavy atom. The van der Waals surface area contributed by atoms with Gasteiger partial charge in [0, 0.05) is 12.2 Å². The Labute approximate surface area is 183 Å². The van der Waals surface area contributed by atoms with E-state index in [1.165, 1.54) is 6.92 Å². The molecule has 0 aromatic heterocycles. The smallest absolute Gasteiger partial charge is 0.324 e. The number of hydrogen-bond donors (Lipinski definition) is 1. The molecule has 166 valence electrons. The number of amides is 1. The van der Waals surface area contributed by atoms with E-state index in [-0.39, 0.29) is 10.8 Å². The van der Waals surface area contributed by atoms with Crippen LogP contribution < -0.4 is 9.62 Å². The summed E-state index contributed by atoms with van der Waals surface area (Å²) in [5.41, 5.74) is 4.88. The lowest BCUT2D eigenvalue weighted by molar-refractivity contribution is -0.149. The minimum atomic E-state index is -3.95. The van der Waals surface area contributed by atoms with Crippen LogP contribution in [0, 0.1) is 27.7 Å². The van der Waals surface area contributed by atoms with Gasteiger partial charge < -0.3 is 9.64 Å². The topological polar surface area (TPSA) is 92.8 Å². The van der Waals surface area contributed by atoms with Crippen molar-refractivity contribution < 1.29 is 22.7 Å². The van der Waals surface area contributed by atoms with E-state index in [4.69, 9.17) is 4.74 Å². The van der Waals surface area contributed by atoms with Crippen LogP contribution in [0.3, 0.4) is 0 Å². The number of ether oxygens (including phenoxy) is 1. The number of hydrogen-bond acceptors (Lipinski definition) is 5. The van der Waals surface area contributed by atoms with Gasteiger partial charge in [0.1, 0.15) is 6.04 Å². The second-order valence-electron chi connectivity index (χ2n) is 7.96. The van der Waals surface area contributed by atoms with E-state index in [0.717, 1.165) is 28.8 Å². The third-order valence-electron chi connectivity index (χ3n) is 5.78. The van der Waals surface area contributed by atoms with E-state index in [1.54, 1.807) is 18.7 Å². The number of anilines is 1. The molecule has 0 bridgehead atoms. The van der Waals surface area contributed by atoms with Gasteiger partial charge in [0.25, 0.3) is 5.91 Å². The van der Waals surface area contributed by atoms with Crippen LogP contribution in [0.25, 0.3) is 0 Å². The fourth-order valence-electron chi connectivity index (χ4n) is 3.86. The molecule has 7 nitrogen and oxygen atoms in total. The number of rotatable bonds is 6. The fourth-order valence-corrected chi connectivity index (χ4v) is 5.66. The first-order valence-electron chi connectivity index (χ1n) is 10.2. The molecular formula is C23H28N2O5S. The summed E-state index contributed by atoms with van der Waals surface area (Å²) in [5, 5.41) is 0. The summed E-state index contributed by atoms with van der Waals surface area (Å²) in [5.74, 6) is -1.14. The SMILES string of the molecule is Cc1cc(C)c(C)c(S(=O)(=O)NC(C)C(=O)OCC(=O)N2CCc3ccccc32)c1C. The monoisotopic (exact) mass is 444 g/mol. The van der Waals surface area contributed by atoms with Gasteiger partial charge in [-0.2, -0.15) is 4.72 Å². The van der Waals surface area contributed by atoms with Crippen molar-refractivity contribution >= 4 is 27.6 Å². The fraction of sp³-hybridized carbons (Fsp3) is 0.391. The number of sulfonamides is 1. The Hall–Kier alpha value is -2.71. The Kier molecular flexibility index (Phi) is 6.52. The maximum Gasteiger partial charge on any atom is 0.324 e. The molecular weight excluding hydrogens is 416 g/mol. The lowest BCUT2D eigenvalue weighted by atomic mass is 10.0. The zero-order valence-electron chi connectivity index (χ0n) is 18.5. The Morgan fingerprint density at radius 1 is 1.10 bits per heavy atom. The molecule has 0 spiro atoms. The number of benzene rings is 2. The van der Waals surface area contributed by atoms with Crippen molar-refractivity contribution in [2.75, 3.05) is 18.1 Å². The van der Waals surface area contributed by atoms with Gasteiger partial charge in [0.2, 0.25) is 10.0 Å². The van der Waals surface area contributed by atoms with E-state index in [2.05, 4.69) is 4.72 Å². The minimum absolute atomic E-state index is 0.175. The summed E-state index contributed by atoms with van der Waals surface area (Å²) in [7, 11) is -3.95. The van der Waals surface area contributed by atoms with Crippen LogP contribution in [0.5, 0.6) is 0 Å². The van der Waals surface area contributed by atoms with Gasteiger partial charge in [-0.25, -0.2) is 8.42 Å². The third-order valence-corrected chi connectivity index (χ3v) is 7.59. The van der Waals surface area contributed by atoms with Crippen LogP contribution in [0.1, 0.15) is 34.7 Å². The number of nitrogens with one attached hydrogen (secondary N) is 1. The molecule has 3 rings (SSSR count). The molecule has 1 N–H and O–H groups in total. The highest BCUT2D eigenvalue weighted by molar-refractivity contribution is 7.89. The summed E-state index contributed by atoms with van der Waals surface area (Å²) >= 11 is 0. The molecule has 1 unspecified atom stereocenters. The summed E-state index contributed by atoms with van der Waals surface area (Å²) in [6, 6.07) is 8.38. The molecule has 1 aliphatic rings. The van der Waals surface area contributed by atoms with Crippen molar-refractivity contribution in [2.45, 2.75) is 52.0 Å². The number of fused-ring (bicyclic) bond motifs is 1. The predicted octanol–water partition coefficient (Wildman–Crippen LogP) is 2.72. The van der Waals surface area contributed by atoms with Crippen LogP contribution in [0.4, 0.5) is 5.69 Å². The highest BCUT2D eigenvalue weighted by atomic mass is 32.2. The van der Waals surface area contributed by atoms with Gasteiger partial charge in [0.05, 0.1) is 4.90 Å². The minimum Gasteiger partial charge on any atom is -0.454 e. The van der Waals surface area contributed by atoms with E-state index in [0.29, 0.717) is 17.7 Å². The van der Waals surface area contributed by atoms with Gasteiger partial charge in [0.15, 0.2) is 6.61 Å². The molecule has 8 heteroatoms. The first-order valence-corrected chi connectivity index (χ1v) is 11.7. The van der Waals surface area contributed by atoms with E-state index in [1.807, 2.05) is 44.2 Å². The van der Waals surface area contributed by atoms with E-state index < -0.39 is 28.6 Å². The number of nitrogens with zero attached hydrogens (tertiary/aromatic N) is 1. The molecule has 1 amide bonds. The quantitative estimate of drug-likeness (QED) is 0.692. The normalized spacial score (nSPS) is 14.3. The standard InChI is InChI=1S/C23H28N2O5S/c1-14-12-15(2)17(4)22(16(14)3)31(28,29)24-18(5)23(27)30-13-21(26)25-11-10-19-8-6-7-9-20(19)25/h6-9,12,18,24H,10-11,13H2,1-5H3. The summed E-state index contributed by atoms with van der Waals surface area (Å²) in [6.45, 7) is 8.67. The first-order chi connectivity index (χ1) is 14.5. The number of carbonyl (C=O) groups excluding carboxylic acids is 2. The molecule has 0 fully saturated rings. The highest BCUT2D eigenvalue weighted by Crippen LogP contribution is 2.28. The molecule has 1 heterocycles. The molecule has 0 radical (unpaired) electrons. The van der Waals surface area contributed by atoms with Gasteiger partial charge in [-0.3, -0.25) is 9.59 Å². The summed E-state index contributed by atoms with van der Waals surface area (Å²) in [4.78, 5) is 26.7. The maximum absolute atomic E-state index is 13.0. The van der Waals surface area contributed by atoms with Crippen LogP contribution in [0.15, 0.2) is 35.2 Å². The summed E-state index contributed by atoms with van der Waals surface area (Å²) < 4.78 is 33.5. The van der Waals surface area contributed by atoms with Gasteiger partial charge >= 0.3 is 5.97 Å². The first kappa shape index (κ1) is 23.0. The number of aryl methyl sites for hydroxylation is 2. The Bertz CT molecular complexity index is 1110. The Morgan fingerprint density at radius 3 is 2.35 bits per heavy atom. The van der Waals surface area contributed by atoms with Gasteiger partial charge in [-0.1, -0.05) is 24.3 Å². The van der Waals surface area contributed by atoms with Crippen LogP contribution in [0.2, 0.25) is 0 Å². The molecule has 2 aromatic rings. The zero-order valence-corrected chi connectivity index (χ0v) is 19.3. The van der Waals surface area contributed by atoms with Crippen LogP contribution >= 0.6 is 0 Å². The predicted molar refractivity (Wildman–Crippen MR) is 119 cm³/mol.